The van der Waals surface area contributed by atoms with Crippen molar-refractivity contribution in [1.82, 2.24) is 0 Å². The number of fused-ring (bicyclic) bond motifs is 2. The van der Waals surface area contributed by atoms with E-state index in [1.54, 1.807) is 0 Å². The van der Waals surface area contributed by atoms with E-state index in [1.165, 1.54) is 0 Å². The summed E-state index contributed by atoms with van der Waals surface area (Å²) >= 11 is 0. The Balaban J connectivity index is 2.52. The van der Waals surface area contributed by atoms with Crippen LogP contribution in [0.25, 0.3) is 0 Å². The van der Waals surface area contributed by atoms with Crippen molar-refractivity contribution in [3.63, 3.8) is 0 Å². The molecule has 82 valence electrons. The molecule has 2 aliphatic carbocycles. The van der Waals surface area contributed by atoms with E-state index in [-0.39, 0.29) is 22.5 Å². The van der Waals surface area contributed by atoms with Gasteiger partial charge in [-0.15, -0.1) is 0 Å². The molecule has 2 rings (SSSR count). The van der Waals surface area contributed by atoms with E-state index in [0.29, 0.717) is 5.57 Å². The Morgan fingerprint density at radius 2 is 2.07 bits per heavy atom. The number of carboxylic acid groups (broad SMARTS) is 1. The Hall–Kier alpha value is -1.12. The van der Waals surface area contributed by atoms with E-state index in [1.807, 2.05) is 6.92 Å². The second kappa shape index (κ2) is 2.71. The van der Waals surface area contributed by atoms with E-state index in [2.05, 4.69) is 13.8 Å². The number of allylic oxidation sites excluding steroid dienone is 1. The standard InChI is InChI=1S/C12H16O3/c1-11(2)8-4-5-12(11,3)10(15)7(8)6-9(13)14/h6,8H,4-5H2,1-3H3,(H,13,14)/p-1/b7-6+/t8-,12+/m0/s1. The highest BCUT2D eigenvalue weighted by Gasteiger charge is 2.63. The molecule has 0 N–H and O–H groups in total. The summed E-state index contributed by atoms with van der Waals surface area (Å²) in [5, 5.41) is 10.6. The zero-order chi connectivity index (χ0) is 11.4. The molecule has 0 unspecified atom stereocenters. The van der Waals surface area contributed by atoms with Crippen LogP contribution in [-0.4, -0.2) is 11.8 Å². The van der Waals surface area contributed by atoms with Gasteiger partial charge in [0.25, 0.3) is 0 Å². The fourth-order valence-corrected chi connectivity index (χ4v) is 3.22. The van der Waals surface area contributed by atoms with Crippen molar-refractivity contribution in [1.29, 1.82) is 0 Å². The molecule has 0 radical (unpaired) electrons. The van der Waals surface area contributed by atoms with Crippen LogP contribution in [0.1, 0.15) is 33.6 Å². The smallest absolute Gasteiger partial charge is 0.165 e. The molecule has 0 saturated heterocycles. The molecule has 3 nitrogen and oxygen atoms in total. The van der Waals surface area contributed by atoms with Crippen LogP contribution in [0.15, 0.2) is 11.6 Å². The fourth-order valence-electron chi connectivity index (χ4n) is 3.22. The fraction of sp³-hybridized carbons (Fsp3) is 0.667. The maximum atomic E-state index is 12.1. The SMILES string of the molecule is CC1(C)[C@H]2CC[C@]1(C)C(=O)/C2=C/C(=O)[O-]. The highest BCUT2D eigenvalue weighted by molar-refractivity contribution is 6.07. The quantitative estimate of drug-likeness (QED) is 0.594. The number of aliphatic carboxylic acids is 1. The maximum Gasteiger partial charge on any atom is 0.165 e. The van der Waals surface area contributed by atoms with Gasteiger partial charge in [0.2, 0.25) is 0 Å². The molecule has 0 aromatic heterocycles. The third kappa shape index (κ3) is 1.06. The molecular weight excluding hydrogens is 192 g/mol. The van der Waals surface area contributed by atoms with Crippen molar-refractivity contribution in [2.45, 2.75) is 33.6 Å². The average molecular weight is 207 g/mol. The van der Waals surface area contributed by atoms with Crippen molar-refractivity contribution in [3.8, 4) is 0 Å². The highest BCUT2D eigenvalue weighted by atomic mass is 16.4. The van der Waals surface area contributed by atoms with Gasteiger partial charge in [-0.05, 0) is 30.3 Å². The highest BCUT2D eigenvalue weighted by Crippen LogP contribution is 2.65. The number of carbonyl (C=O) groups excluding carboxylic acids is 2. The van der Waals surface area contributed by atoms with E-state index in [9.17, 15) is 14.7 Å². The normalized spacial score (nSPS) is 40.1. The molecule has 2 aliphatic rings. The molecule has 2 fully saturated rings. The van der Waals surface area contributed by atoms with Crippen LogP contribution in [0.2, 0.25) is 0 Å². The summed E-state index contributed by atoms with van der Waals surface area (Å²) in [4.78, 5) is 22.6. The van der Waals surface area contributed by atoms with Crippen molar-refractivity contribution in [3.05, 3.63) is 11.6 Å². The van der Waals surface area contributed by atoms with Gasteiger partial charge in [-0.2, -0.15) is 0 Å². The Bertz CT molecular complexity index is 378. The number of hydrogen-bond acceptors (Lipinski definition) is 3. The van der Waals surface area contributed by atoms with Crippen LogP contribution in [0.4, 0.5) is 0 Å². The number of rotatable bonds is 1. The van der Waals surface area contributed by atoms with Crippen LogP contribution in [-0.2, 0) is 9.59 Å². The summed E-state index contributed by atoms with van der Waals surface area (Å²) in [6.45, 7) is 6.06. The summed E-state index contributed by atoms with van der Waals surface area (Å²) in [5.41, 5.74) is -0.0293. The topological polar surface area (TPSA) is 57.2 Å². The van der Waals surface area contributed by atoms with Crippen LogP contribution in [0.5, 0.6) is 0 Å². The lowest BCUT2D eigenvalue weighted by atomic mass is 9.70. The lowest BCUT2D eigenvalue weighted by Gasteiger charge is -2.31. The first-order valence-corrected chi connectivity index (χ1v) is 5.28. The molecule has 2 bridgehead atoms. The zero-order valence-electron chi connectivity index (χ0n) is 9.29. The lowest BCUT2D eigenvalue weighted by Crippen LogP contribution is -2.32. The van der Waals surface area contributed by atoms with Gasteiger partial charge in [0.1, 0.15) is 0 Å². The van der Waals surface area contributed by atoms with Gasteiger partial charge in [-0.1, -0.05) is 20.8 Å². The summed E-state index contributed by atoms with van der Waals surface area (Å²) in [5.74, 6) is -1.16. The first-order valence-electron chi connectivity index (χ1n) is 5.28. The lowest BCUT2D eigenvalue weighted by molar-refractivity contribution is -0.297. The number of carboxylic acids is 1. The average Bonchev–Trinajstić information content (AvgIpc) is 2.40. The third-order valence-corrected chi connectivity index (χ3v) is 4.64. The van der Waals surface area contributed by atoms with Gasteiger partial charge in [0.05, 0.1) is 5.97 Å². The largest absolute Gasteiger partial charge is 0.545 e. The van der Waals surface area contributed by atoms with E-state index in [0.717, 1.165) is 18.9 Å². The van der Waals surface area contributed by atoms with Crippen LogP contribution >= 0.6 is 0 Å². The molecule has 0 spiro atoms. The molecule has 0 heterocycles. The first kappa shape index (κ1) is 10.4. The van der Waals surface area contributed by atoms with Crippen molar-refractivity contribution >= 4 is 11.8 Å². The van der Waals surface area contributed by atoms with E-state index in [4.69, 9.17) is 0 Å². The molecular formula is C12H15O3-. The Morgan fingerprint density at radius 1 is 1.47 bits per heavy atom. The van der Waals surface area contributed by atoms with Gasteiger partial charge < -0.3 is 9.90 Å². The molecule has 0 amide bonds. The number of hydrogen-bond donors (Lipinski definition) is 0. The van der Waals surface area contributed by atoms with Crippen molar-refractivity contribution < 1.29 is 14.7 Å². The monoisotopic (exact) mass is 207 g/mol. The molecule has 15 heavy (non-hydrogen) atoms. The minimum Gasteiger partial charge on any atom is -0.545 e. The summed E-state index contributed by atoms with van der Waals surface area (Å²) in [6, 6.07) is 0. The number of ketones is 1. The first-order chi connectivity index (χ1) is 6.80. The van der Waals surface area contributed by atoms with Gasteiger partial charge in [-0.3, -0.25) is 4.79 Å². The maximum absolute atomic E-state index is 12.1. The second-order valence-electron chi connectivity index (χ2n) is 5.39. The molecule has 2 saturated carbocycles. The Kier molecular flexibility index (Phi) is 1.88. The predicted molar refractivity (Wildman–Crippen MR) is 52.7 cm³/mol. The third-order valence-electron chi connectivity index (χ3n) is 4.64. The predicted octanol–water partition coefficient (Wildman–Crippen LogP) is 0.688. The van der Waals surface area contributed by atoms with Crippen LogP contribution in [0.3, 0.4) is 0 Å². The Morgan fingerprint density at radius 3 is 2.47 bits per heavy atom. The van der Waals surface area contributed by atoms with Gasteiger partial charge >= 0.3 is 0 Å². The molecule has 0 aliphatic heterocycles. The summed E-state index contributed by atoms with van der Waals surface area (Å²) in [6.07, 6.45) is 2.78. The molecule has 2 atom stereocenters. The van der Waals surface area contributed by atoms with Crippen molar-refractivity contribution in [2.24, 2.45) is 16.7 Å². The minimum atomic E-state index is -1.26. The van der Waals surface area contributed by atoms with E-state index < -0.39 is 5.97 Å². The summed E-state index contributed by atoms with van der Waals surface area (Å²) < 4.78 is 0. The minimum absolute atomic E-state index is 0.00736. The van der Waals surface area contributed by atoms with Crippen molar-refractivity contribution in [2.75, 3.05) is 0 Å². The van der Waals surface area contributed by atoms with E-state index >= 15 is 0 Å². The van der Waals surface area contributed by atoms with Crippen LogP contribution in [0, 0.1) is 16.7 Å². The molecule has 0 aromatic rings. The van der Waals surface area contributed by atoms with Gasteiger partial charge in [0, 0.05) is 11.0 Å². The zero-order valence-corrected chi connectivity index (χ0v) is 9.29. The van der Waals surface area contributed by atoms with Gasteiger partial charge in [-0.25, -0.2) is 0 Å². The number of Topliss-reactive ketones (excluding diaryl/α,β-unsaturated/α-hetero) is 1. The Labute approximate surface area is 89.2 Å². The van der Waals surface area contributed by atoms with Crippen LogP contribution < -0.4 is 5.11 Å². The number of carbonyl (C=O) groups is 2. The molecule has 0 aromatic carbocycles. The van der Waals surface area contributed by atoms with Gasteiger partial charge in [0.15, 0.2) is 5.78 Å². The summed E-state index contributed by atoms with van der Waals surface area (Å²) in [7, 11) is 0. The molecule has 3 heteroatoms. The second-order valence-corrected chi connectivity index (χ2v) is 5.39.